The number of carbonyl (C=O) groups excluding carboxylic acids is 1. The molecule has 2 rings (SSSR count). The van der Waals surface area contributed by atoms with Gasteiger partial charge in [0.25, 0.3) is 0 Å². The van der Waals surface area contributed by atoms with Crippen molar-refractivity contribution in [2.24, 2.45) is 5.92 Å². The highest BCUT2D eigenvalue weighted by Gasteiger charge is 2.36. The maximum absolute atomic E-state index is 12.7. The quantitative estimate of drug-likeness (QED) is 0.866. The van der Waals surface area contributed by atoms with Crippen LogP contribution < -0.4 is 15.0 Å². The fourth-order valence-electron chi connectivity index (χ4n) is 2.60. The summed E-state index contributed by atoms with van der Waals surface area (Å²) in [5.74, 6) is 0.613. The number of nitrogens with zero attached hydrogens (tertiary/aromatic N) is 1. The fraction of sp³-hybridized carbons (Fsp3) is 0.562. The average molecular weight is 292 g/mol. The second-order valence-electron chi connectivity index (χ2n) is 5.27. The minimum Gasteiger partial charge on any atom is -0.495 e. The summed E-state index contributed by atoms with van der Waals surface area (Å²) in [5.41, 5.74) is 0.783. The van der Waals surface area contributed by atoms with Gasteiger partial charge in [0.05, 0.1) is 31.9 Å². The number of hydrogen-bond donors (Lipinski definition) is 1. The Hall–Kier alpha value is -1.59. The third-order valence-corrected chi connectivity index (χ3v) is 3.83. The number of hydrogen-bond acceptors (Lipinski definition) is 4. The van der Waals surface area contributed by atoms with Gasteiger partial charge in [0.1, 0.15) is 5.75 Å². The molecule has 1 heterocycles. The molecule has 1 fully saturated rings. The largest absolute Gasteiger partial charge is 0.495 e. The predicted octanol–water partition coefficient (Wildman–Crippen LogP) is 1.67. The number of methoxy groups -OCH3 is 1. The Morgan fingerprint density at radius 1 is 1.43 bits per heavy atom. The first-order valence-electron chi connectivity index (χ1n) is 7.40. The first kappa shape index (κ1) is 15.8. The first-order chi connectivity index (χ1) is 10.2. The van der Waals surface area contributed by atoms with E-state index in [1.54, 1.807) is 19.1 Å². The molecule has 0 aliphatic carbocycles. The van der Waals surface area contributed by atoms with Gasteiger partial charge in [0.2, 0.25) is 5.91 Å². The van der Waals surface area contributed by atoms with E-state index in [0.717, 1.165) is 18.7 Å². The van der Waals surface area contributed by atoms with Crippen molar-refractivity contribution in [1.29, 1.82) is 0 Å². The van der Waals surface area contributed by atoms with Gasteiger partial charge in [-0.25, -0.2) is 0 Å². The zero-order valence-electron chi connectivity index (χ0n) is 13.0. The zero-order valence-corrected chi connectivity index (χ0v) is 13.0. The molecule has 0 aromatic heterocycles. The van der Waals surface area contributed by atoms with E-state index in [2.05, 4.69) is 12.2 Å². The minimum atomic E-state index is -0.147. The van der Waals surface area contributed by atoms with Crippen molar-refractivity contribution >= 4 is 11.6 Å². The van der Waals surface area contributed by atoms with Crippen molar-refractivity contribution in [2.45, 2.75) is 19.4 Å². The molecule has 2 atom stereocenters. The number of anilines is 1. The van der Waals surface area contributed by atoms with Gasteiger partial charge in [-0.3, -0.25) is 4.79 Å². The normalized spacial score (nSPS) is 21.3. The van der Waals surface area contributed by atoms with Crippen molar-refractivity contribution in [1.82, 2.24) is 5.32 Å². The Morgan fingerprint density at radius 2 is 2.19 bits per heavy atom. The highest BCUT2D eigenvalue weighted by molar-refractivity contribution is 5.96. The van der Waals surface area contributed by atoms with Crippen molar-refractivity contribution < 1.29 is 14.3 Å². The summed E-state index contributed by atoms with van der Waals surface area (Å²) < 4.78 is 10.8. The molecule has 1 saturated heterocycles. The van der Waals surface area contributed by atoms with Crippen LogP contribution in [0.15, 0.2) is 24.3 Å². The summed E-state index contributed by atoms with van der Waals surface area (Å²) in [6.45, 7) is 4.08. The molecule has 1 amide bonds. The van der Waals surface area contributed by atoms with Crippen LogP contribution in [-0.4, -0.2) is 45.9 Å². The van der Waals surface area contributed by atoms with Crippen LogP contribution >= 0.6 is 0 Å². The van der Waals surface area contributed by atoms with Gasteiger partial charge in [-0.1, -0.05) is 19.1 Å². The standard InChI is InChI=1S/C16H24N2O3/c1-4-9-17-13-11-21-10-12(13)16(19)18(2)14-7-5-6-8-15(14)20-3/h5-8,12-13,17H,4,9-11H2,1-3H3. The van der Waals surface area contributed by atoms with Crippen LogP contribution in [0.5, 0.6) is 5.75 Å². The lowest BCUT2D eigenvalue weighted by Gasteiger charge is -2.25. The van der Waals surface area contributed by atoms with Gasteiger partial charge in [-0.05, 0) is 25.1 Å². The Bertz CT molecular complexity index is 478. The molecule has 0 saturated carbocycles. The van der Waals surface area contributed by atoms with Crippen LogP contribution in [-0.2, 0) is 9.53 Å². The molecule has 0 bridgehead atoms. The van der Waals surface area contributed by atoms with Crippen LogP contribution in [0.2, 0.25) is 0 Å². The van der Waals surface area contributed by atoms with Crippen molar-refractivity contribution in [2.75, 3.05) is 38.8 Å². The number of rotatable bonds is 6. The van der Waals surface area contributed by atoms with E-state index in [1.165, 1.54) is 0 Å². The van der Waals surface area contributed by atoms with E-state index < -0.39 is 0 Å². The Morgan fingerprint density at radius 3 is 2.90 bits per heavy atom. The highest BCUT2D eigenvalue weighted by Crippen LogP contribution is 2.29. The van der Waals surface area contributed by atoms with Gasteiger partial charge < -0.3 is 19.7 Å². The van der Waals surface area contributed by atoms with Crippen molar-refractivity contribution in [3.05, 3.63) is 24.3 Å². The topological polar surface area (TPSA) is 50.8 Å². The summed E-state index contributed by atoms with van der Waals surface area (Å²) in [6, 6.07) is 7.64. The second kappa shape index (κ2) is 7.43. The SMILES string of the molecule is CCCNC1COCC1C(=O)N(C)c1ccccc1OC. The summed E-state index contributed by atoms with van der Waals surface area (Å²) >= 11 is 0. The van der Waals surface area contributed by atoms with E-state index in [1.807, 2.05) is 24.3 Å². The summed E-state index contributed by atoms with van der Waals surface area (Å²) in [6.07, 6.45) is 1.04. The molecule has 1 aromatic carbocycles. The average Bonchev–Trinajstić information content (AvgIpc) is 2.99. The molecule has 5 heteroatoms. The van der Waals surface area contributed by atoms with Gasteiger partial charge in [-0.2, -0.15) is 0 Å². The fourth-order valence-corrected chi connectivity index (χ4v) is 2.60. The molecule has 1 aliphatic heterocycles. The number of nitrogens with one attached hydrogen (secondary N) is 1. The van der Waals surface area contributed by atoms with E-state index in [0.29, 0.717) is 19.0 Å². The number of carbonyl (C=O) groups is 1. The van der Waals surface area contributed by atoms with Crippen LogP contribution in [0.25, 0.3) is 0 Å². The molecular formula is C16H24N2O3. The smallest absolute Gasteiger partial charge is 0.233 e. The molecule has 1 aromatic rings. The molecule has 1 N–H and O–H groups in total. The molecule has 1 aliphatic rings. The van der Waals surface area contributed by atoms with Gasteiger partial charge in [0.15, 0.2) is 0 Å². The molecule has 116 valence electrons. The van der Waals surface area contributed by atoms with Gasteiger partial charge >= 0.3 is 0 Å². The van der Waals surface area contributed by atoms with E-state index in [-0.39, 0.29) is 17.9 Å². The van der Waals surface area contributed by atoms with E-state index in [9.17, 15) is 4.79 Å². The minimum absolute atomic E-state index is 0.0607. The summed E-state index contributed by atoms with van der Waals surface area (Å²) in [5, 5.41) is 3.39. The van der Waals surface area contributed by atoms with Crippen LogP contribution in [0, 0.1) is 5.92 Å². The molecule has 0 radical (unpaired) electrons. The number of amides is 1. The van der Waals surface area contributed by atoms with Crippen LogP contribution in [0.4, 0.5) is 5.69 Å². The van der Waals surface area contributed by atoms with Gasteiger partial charge in [-0.15, -0.1) is 0 Å². The molecule has 21 heavy (non-hydrogen) atoms. The van der Waals surface area contributed by atoms with Crippen LogP contribution in [0.1, 0.15) is 13.3 Å². The number of ether oxygens (including phenoxy) is 2. The maximum Gasteiger partial charge on any atom is 0.233 e. The number of para-hydroxylation sites is 2. The lowest BCUT2D eigenvalue weighted by atomic mass is 10.0. The third kappa shape index (κ3) is 3.54. The summed E-state index contributed by atoms with van der Waals surface area (Å²) in [7, 11) is 3.40. The molecule has 0 spiro atoms. The summed E-state index contributed by atoms with van der Waals surface area (Å²) in [4.78, 5) is 14.4. The maximum atomic E-state index is 12.7. The van der Waals surface area contributed by atoms with Crippen LogP contribution in [0.3, 0.4) is 0 Å². The van der Waals surface area contributed by atoms with Crippen molar-refractivity contribution in [3.8, 4) is 5.75 Å². The third-order valence-electron chi connectivity index (χ3n) is 3.83. The predicted molar refractivity (Wildman–Crippen MR) is 82.8 cm³/mol. The van der Waals surface area contributed by atoms with E-state index in [4.69, 9.17) is 9.47 Å². The Labute approximate surface area is 126 Å². The van der Waals surface area contributed by atoms with Crippen molar-refractivity contribution in [3.63, 3.8) is 0 Å². The molecular weight excluding hydrogens is 268 g/mol. The lowest BCUT2D eigenvalue weighted by Crippen LogP contribution is -2.45. The molecule has 5 nitrogen and oxygen atoms in total. The highest BCUT2D eigenvalue weighted by atomic mass is 16.5. The lowest BCUT2D eigenvalue weighted by molar-refractivity contribution is -0.122. The van der Waals surface area contributed by atoms with Gasteiger partial charge in [0, 0.05) is 13.1 Å². The first-order valence-corrected chi connectivity index (χ1v) is 7.40. The Balaban J connectivity index is 2.11. The molecule has 2 unspecified atom stereocenters. The van der Waals surface area contributed by atoms with E-state index >= 15 is 0 Å². The Kier molecular flexibility index (Phi) is 5.59. The second-order valence-corrected chi connectivity index (χ2v) is 5.27. The number of benzene rings is 1. The monoisotopic (exact) mass is 292 g/mol. The zero-order chi connectivity index (χ0) is 15.2.